The number of rotatable bonds is 1. The van der Waals surface area contributed by atoms with Crippen molar-refractivity contribution in [3.8, 4) is 0 Å². The van der Waals surface area contributed by atoms with Gasteiger partial charge in [0, 0.05) is 22.8 Å². The van der Waals surface area contributed by atoms with Gasteiger partial charge in [-0.25, -0.2) is 4.39 Å². The zero-order chi connectivity index (χ0) is 11.9. The predicted molar refractivity (Wildman–Crippen MR) is 66.1 cm³/mol. The molecule has 1 unspecified atom stereocenters. The summed E-state index contributed by atoms with van der Waals surface area (Å²) in [6.45, 7) is 0.423. The fraction of sp³-hybridized carbons (Fsp3) is 0.300. The van der Waals surface area contributed by atoms with E-state index in [0.717, 1.165) is 0 Å². The Labute approximate surface area is 110 Å². The second-order valence-corrected chi connectivity index (χ2v) is 5.67. The van der Waals surface area contributed by atoms with Gasteiger partial charge in [-0.1, -0.05) is 39.1 Å². The fourth-order valence-electron chi connectivity index (χ4n) is 1.64. The lowest BCUT2D eigenvalue weighted by Gasteiger charge is -2.17. The summed E-state index contributed by atoms with van der Waals surface area (Å²) < 4.78 is 13.7. The highest BCUT2D eigenvalue weighted by atomic mass is 79.9. The fourth-order valence-corrected chi connectivity index (χ4v) is 2.68. The van der Waals surface area contributed by atoms with Crippen LogP contribution in [0.4, 0.5) is 10.1 Å². The Balaban J connectivity index is 2.44. The van der Waals surface area contributed by atoms with Gasteiger partial charge < -0.3 is 4.90 Å². The first kappa shape index (κ1) is 12.1. The molecule has 16 heavy (non-hydrogen) atoms. The van der Waals surface area contributed by atoms with Gasteiger partial charge in [-0.2, -0.15) is 0 Å². The molecule has 0 aliphatic carbocycles. The third-order valence-electron chi connectivity index (χ3n) is 2.34. The van der Waals surface area contributed by atoms with Crippen molar-refractivity contribution in [1.29, 1.82) is 0 Å². The summed E-state index contributed by atoms with van der Waals surface area (Å²) in [6.07, 6.45) is 0.351. The maximum atomic E-state index is 13.7. The molecule has 86 valence electrons. The van der Waals surface area contributed by atoms with Crippen LogP contribution < -0.4 is 4.90 Å². The van der Waals surface area contributed by atoms with E-state index in [-0.39, 0.29) is 21.4 Å². The minimum Gasteiger partial charge on any atom is -0.308 e. The molecule has 0 bridgehead atoms. The molecule has 1 heterocycles. The summed E-state index contributed by atoms with van der Waals surface area (Å²) in [7, 11) is 0. The first-order valence-electron chi connectivity index (χ1n) is 4.58. The van der Waals surface area contributed by atoms with Crippen LogP contribution in [0, 0.1) is 5.82 Å². The van der Waals surface area contributed by atoms with E-state index in [0.29, 0.717) is 18.0 Å². The van der Waals surface area contributed by atoms with Crippen molar-refractivity contribution in [3.63, 3.8) is 0 Å². The lowest BCUT2D eigenvalue weighted by atomic mass is 10.3. The molecule has 1 saturated heterocycles. The summed E-state index contributed by atoms with van der Waals surface area (Å²) in [4.78, 5) is 13.0. The number of carbonyl (C=O) groups is 1. The van der Waals surface area contributed by atoms with Crippen LogP contribution in [0.15, 0.2) is 12.1 Å². The summed E-state index contributed by atoms with van der Waals surface area (Å²) in [5.41, 5.74) is 0.143. The number of alkyl halides is 1. The highest BCUT2D eigenvalue weighted by Gasteiger charge is 2.31. The number of halogens is 4. The molecule has 1 fully saturated rings. The smallest absolute Gasteiger partial charge is 0.228 e. The molecular weight excluding hydrogens is 320 g/mol. The van der Waals surface area contributed by atoms with Crippen LogP contribution in [0.5, 0.6) is 0 Å². The number of nitrogens with zero attached hydrogens (tertiary/aromatic N) is 1. The Bertz CT molecular complexity index is 455. The Morgan fingerprint density at radius 2 is 2.12 bits per heavy atom. The van der Waals surface area contributed by atoms with Gasteiger partial charge in [-0.15, -0.1) is 0 Å². The molecule has 2 rings (SSSR count). The van der Waals surface area contributed by atoms with Crippen molar-refractivity contribution in [2.24, 2.45) is 0 Å². The average molecular weight is 327 g/mol. The number of anilines is 1. The SMILES string of the molecule is O=C1CC(Br)CN1c1cc(Cl)cc(Cl)c1F. The van der Waals surface area contributed by atoms with E-state index < -0.39 is 5.82 Å². The zero-order valence-corrected chi connectivity index (χ0v) is 11.1. The van der Waals surface area contributed by atoms with E-state index in [2.05, 4.69) is 15.9 Å². The topological polar surface area (TPSA) is 20.3 Å². The second kappa shape index (κ2) is 4.51. The molecule has 0 spiro atoms. The summed E-state index contributed by atoms with van der Waals surface area (Å²) in [5.74, 6) is -0.750. The number of carbonyl (C=O) groups excluding carboxylic acids is 1. The monoisotopic (exact) mass is 325 g/mol. The molecule has 1 aromatic carbocycles. The Morgan fingerprint density at radius 1 is 1.44 bits per heavy atom. The normalized spacial score (nSPS) is 20.6. The molecule has 1 amide bonds. The lowest BCUT2D eigenvalue weighted by Crippen LogP contribution is -2.25. The molecule has 0 saturated carbocycles. The van der Waals surface area contributed by atoms with Crippen LogP contribution in [0.1, 0.15) is 6.42 Å². The van der Waals surface area contributed by atoms with Gasteiger partial charge in [0.25, 0.3) is 0 Å². The van der Waals surface area contributed by atoms with E-state index in [1.165, 1.54) is 17.0 Å². The molecule has 6 heteroatoms. The largest absolute Gasteiger partial charge is 0.308 e. The predicted octanol–water partition coefficient (Wildman–Crippen LogP) is 3.63. The first-order valence-corrected chi connectivity index (χ1v) is 6.25. The summed E-state index contributed by atoms with van der Waals surface area (Å²) in [6, 6.07) is 2.72. The van der Waals surface area contributed by atoms with Crippen LogP contribution in [0.25, 0.3) is 0 Å². The Morgan fingerprint density at radius 3 is 2.69 bits per heavy atom. The van der Waals surface area contributed by atoms with Crippen molar-refractivity contribution in [2.75, 3.05) is 11.4 Å². The third kappa shape index (κ3) is 2.19. The molecule has 1 aliphatic heterocycles. The van der Waals surface area contributed by atoms with E-state index in [4.69, 9.17) is 23.2 Å². The van der Waals surface area contributed by atoms with Crippen molar-refractivity contribution < 1.29 is 9.18 Å². The molecule has 0 aromatic heterocycles. The Kier molecular flexibility index (Phi) is 3.42. The minimum atomic E-state index is -0.610. The second-order valence-electron chi connectivity index (χ2n) is 3.53. The third-order valence-corrected chi connectivity index (χ3v) is 3.45. The van der Waals surface area contributed by atoms with Crippen LogP contribution >= 0.6 is 39.1 Å². The number of amides is 1. The van der Waals surface area contributed by atoms with Gasteiger partial charge in [0.15, 0.2) is 5.82 Å². The standard InChI is InChI=1S/C10H7BrCl2FNO/c11-5-1-9(16)15(4-5)8-3-6(12)2-7(13)10(8)14/h2-3,5H,1,4H2. The molecule has 0 N–H and O–H groups in total. The highest BCUT2D eigenvalue weighted by Crippen LogP contribution is 2.33. The average Bonchev–Trinajstić information content (AvgIpc) is 2.51. The molecule has 1 atom stereocenters. The number of hydrogen-bond acceptors (Lipinski definition) is 1. The van der Waals surface area contributed by atoms with E-state index in [1.54, 1.807) is 0 Å². The molecule has 1 aromatic rings. The maximum absolute atomic E-state index is 13.7. The zero-order valence-electron chi connectivity index (χ0n) is 8.01. The van der Waals surface area contributed by atoms with E-state index in [1.807, 2.05) is 0 Å². The molecule has 1 aliphatic rings. The van der Waals surface area contributed by atoms with Gasteiger partial charge in [0.2, 0.25) is 5.91 Å². The van der Waals surface area contributed by atoms with Gasteiger partial charge in [0.05, 0.1) is 10.7 Å². The lowest BCUT2D eigenvalue weighted by molar-refractivity contribution is -0.117. The summed E-state index contributed by atoms with van der Waals surface area (Å²) >= 11 is 14.8. The van der Waals surface area contributed by atoms with E-state index in [9.17, 15) is 9.18 Å². The van der Waals surface area contributed by atoms with Crippen LogP contribution in [-0.4, -0.2) is 17.3 Å². The van der Waals surface area contributed by atoms with E-state index >= 15 is 0 Å². The van der Waals surface area contributed by atoms with Crippen molar-refractivity contribution >= 4 is 50.7 Å². The van der Waals surface area contributed by atoms with Gasteiger partial charge in [-0.05, 0) is 12.1 Å². The Hall–Kier alpha value is -0.320. The van der Waals surface area contributed by atoms with Crippen LogP contribution in [0.2, 0.25) is 10.0 Å². The maximum Gasteiger partial charge on any atom is 0.228 e. The molecular formula is C10H7BrCl2FNO. The van der Waals surface area contributed by atoms with Crippen molar-refractivity contribution in [1.82, 2.24) is 0 Å². The minimum absolute atomic E-state index is 0.0390. The highest BCUT2D eigenvalue weighted by molar-refractivity contribution is 9.09. The molecule has 2 nitrogen and oxygen atoms in total. The van der Waals surface area contributed by atoms with Crippen LogP contribution in [0.3, 0.4) is 0 Å². The number of hydrogen-bond donors (Lipinski definition) is 0. The summed E-state index contributed by atoms with van der Waals surface area (Å²) in [5, 5.41) is 0.237. The van der Waals surface area contributed by atoms with Gasteiger partial charge in [-0.3, -0.25) is 4.79 Å². The van der Waals surface area contributed by atoms with Crippen molar-refractivity contribution in [3.05, 3.63) is 28.0 Å². The van der Waals surface area contributed by atoms with Gasteiger partial charge >= 0.3 is 0 Å². The van der Waals surface area contributed by atoms with Crippen LogP contribution in [-0.2, 0) is 4.79 Å². The first-order chi connectivity index (χ1) is 7.49. The van der Waals surface area contributed by atoms with Crippen molar-refractivity contribution in [2.45, 2.75) is 11.2 Å². The quantitative estimate of drug-likeness (QED) is 0.570. The van der Waals surface area contributed by atoms with Gasteiger partial charge in [0.1, 0.15) is 0 Å². The molecule has 0 radical (unpaired) electrons. The number of benzene rings is 1.